The van der Waals surface area contributed by atoms with Crippen LogP contribution in [0.2, 0.25) is 0 Å². The number of alkyl halides is 3. The molecule has 0 spiro atoms. The van der Waals surface area contributed by atoms with Gasteiger partial charge in [0.05, 0.1) is 6.42 Å². The van der Waals surface area contributed by atoms with Crippen molar-refractivity contribution in [2.24, 2.45) is 0 Å². The number of halogens is 3. The van der Waals surface area contributed by atoms with E-state index in [2.05, 4.69) is 19.6 Å². The Labute approximate surface area is 108 Å². The van der Waals surface area contributed by atoms with Gasteiger partial charge in [-0.25, -0.2) is 0 Å². The van der Waals surface area contributed by atoms with Crippen molar-refractivity contribution < 1.29 is 22.5 Å². The van der Waals surface area contributed by atoms with Crippen LogP contribution in [0.15, 0.2) is 4.52 Å². The summed E-state index contributed by atoms with van der Waals surface area (Å²) in [6.07, 6.45) is -5.29. The van der Waals surface area contributed by atoms with Crippen LogP contribution in [0.4, 0.5) is 13.2 Å². The van der Waals surface area contributed by atoms with Gasteiger partial charge in [0.1, 0.15) is 0 Å². The van der Waals surface area contributed by atoms with Crippen molar-refractivity contribution in [2.75, 3.05) is 19.6 Å². The zero-order valence-electron chi connectivity index (χ0n) is 10.8. The molecule has 0 saturated heterocycles. The molecule has 1 aromatic heterocycles. The summed E-state index contributed by atoms with van der Waals surface area (Å²) in [7, 11) is 0. The minimum atomic E-state index is -4.87. The van der Waals surface area contributed by atoms with Gasteiger partial charge in [0.15, 0.2) is 5.82 Å². The lowest BCUT2D eigenvalue weighted by atomic mass is 10.3. The van der Waals surface area contributed by atoms with E-state index in [0.717, 1.165) is 13.1 Å². The van der Waals surface area contributed by atoms with E-state index in [0.29, 0.717) is 18.8 Å². The molecule has 1 rings (SSSR count). The molecule has 0 atom stereocenters. The van der Waals surface area contributed by atoms with Crippen LogP contribution < -0.4 is 0 Å². The first-order valence-electron chi connectivity index (χ1n) is 6.00. The molecule has 0 aromatic carbocycles. The maximum Gasteiger partial charge on any atom is 0.450 e. The molecule has 19 heavy (non-hydrogen) atoms. The van der Waals surface area contributed by atoms with Crippen LogP contribution in [-0.2, 0) is 17.6 Å². The lowest BCUT2D eigenvalue weighted by molar-refractivity contribution is -0.170. The van der Waals surface area contributed by atoms with E-state index in [4.69, 9.17) is 0 Å². The van der Waals surface area contributed by atoms with Crippen molar-refractivity contribution in [1.82, 2.24) is 15.0 Å². The molecule has 0 N–H and O–H groups in total. The van der Waals surface area contributed by atoms with Gasteiger partial charge in [-0.3, -0.25) is 4.79 Å². The third-order valence-electron chi connectivity index (χ3n) is 2.68. The Morgan fingerprint density at radius 3 is 2.47 bits per heavy atom. The molecule has 8 heteroatoms. The van der Waals surface area contributed by atoms with E-state index in [-0.39, 0.29) is 5.89 Å². The number of hydrogen-bond donors (Lipinski definition) is 0. The molecule has 0 aliphatic rings. The maximum atomic E-state index is 12.0. The summed E-state index contributed by atoms with van der Waals surface area (Å²) < 4.78 is 40.8. The van der Waals surface area contributed by atoms with Gasteiger partial charge in [0.25, 0.3) is 0 Å². The van der Waals surface area contributed by atoms with Gasteiger partial charge in [-0.05, 0) is 13.1 Å². The minimum absolute atomic E-state index is 0.295. The SMILES string of the molecule is CCN(CC)CCc1noc(CC(=O)C(F)(F)F)n1. The average molecular weight is 279 g/mol. The van der Waals surface area contributed by atoms with Crippen LogP contribution in [0.1, 0.15) is 25.6 Å². The first-order valence-corrected chi connectivity index (χ1v) is 6.00. The van der Waals surface area contributed by atoms with Crippen LogP contribution >= 0.6 is 0 Å². The summed E-state index contributed by atoms with van der Waals surface area (Å²) in [5.41, 5.74) is 0. The number of aromatic nitrogens is 2. The standard InChI is InChI=1S/C11H16F3N3O2/c1-3-17(4-2)6-5-9-15-10(19-16-9)7-8(18)11(12,13)14/h3-7H2,1-2H3. The molecule has 108 valence electrons. The molecule has 0 radical (unpaired) electrons. The second kappa shape index (κ2) is 6.65. The number of carbonyl (C=O) groups is 1. The smallest absolute Gasteiger partial charge is 0.339 e. The lowest BCUT2D eigenvalue weighted by Crippen LogP contribution is -2.25. The second-order valence-electron chi connectivity index (χ2n) is 3.98. The van der Waals surface area contributed by atoms with Crippen molar-refractivity contribution in [1.29, 1.82) is 0 Å². The van der Waals surface area contributed by atoms with E-state index in [9.17, 15) is 18.0 Å². The third kappa shape index (κ3) is 4.98. The lowest BCUT2D eigenvalue weighted by Gasteiger charge is -2.16. The molecule has 0 bridgehead atoms. The molecule has 1 heterocycles. The van der Waals surface area contributed by atoms with E-state index >= 15 is 0 Å². The molecule has 0 fully saturated rings. The summed E-state index contributed by atoms with van der Waals surface area (Å²) in [6, 6.07) is 0. The van der Waals surface area contributed by atoms with Crippen LogP contribution in [0.5, 0.6) is 0 Å². The fraction of sp³-hybridized carbons (Fsp3) is 0.727. The van der Waals surface area contributed by atoms with Gasteiger partial charge in [-0.2, -0.15) is 18.2 Å². The van der Waals surface area contributed by atoms with Crippen LogP contribution in [0.3, 0.4) is 0 Å². The van der Waals surface area contributed by atoms with Crippen molar-refractivity contribution in [3.63, 3.8) is 0 Å². The van der Waals surface area contributed by atoms with E-state index in [1.165, 1.54) is 0 Å². The maximum absolute atomic E-state index is 12.0. The summed E-state index contributed by atoms with van der Waals surface area (Å²) >= 11 is 0. The van der Waals surface area contributed by atoms with E-state index < -0.39 is 18.4 Å². The zero-order valence-corrected chi connectivity index (χ0v) is 10.8. The second-order valence-corrected chi connectivity index (χ2v) is 3.98. The first-order chi connectivity index (χ1) is 8.86. The average Bonchev–Trinajstić information content (AvgIpc) is 2.77. The van der Waals surface area contributed by atoms with Crippen molar-refractivity contribution in [2.45, 2.75) is 32.9 Å². The number of ketones is 1. The molecule has 0 saturated carbocycles. The van der Waals surface area contributed by atoms with Crippen LogP contribution in [-0.4, -0.2) is 46.6 Å². The summed E-state index contributed by atoms with van der Waals surface area (Å²) in [6.45, 7) is 6.45. The summed E-state index contributed by atoms with van der Waals surface area (Å²) in [5.74, 6) is -1.86. The number of likely N-dealkylation sites (N-methyl/N-ethyl adjacent to an activating group) is 1. The number of Topliss-reactive ketones (excluding diaryl/α,β-unsaturated/α-hetero) is 1. The minimum Gasteiger partial charge on any atom is -0.339 e. The Bertz CT molecular complexity index is 414. The number of rotatable bonds is 7. The van der Waals surface area contributed by atoms with Gasteiger partial charge in [0.2, 0.25) is 11.7 Å². The van der Waals surface area contributed by atoms with Gasteiger partial charge < -0.3 is 9.42 Å². The number of hydrogen-bond acceptors (Lipinski definition) is 5. The Morgan fingerprint density at radius 2 is 1.95 bits per heavy atom. The van der Waals surface area contributed by atoms with Gasteiger partial charge in [-0.1, -0.05) is 19.0 Å². The number of nitrogens with zero attached hydrogens (tertiary/aromatic N) is 3. The highest BCUT2D eigenvalue weighted by Gasteiger charge is 2.39. The van der Waals surface area contributed by atoms with Gasteiger partial charge in [0, 0.05) is 13.0 Å². The first kappa shape index (κ1) is 15.6. The Kier molecular flexibility index (Phi) is 5.46. The van der Waals surface area contributed by atoms with E-state index in [1.807, 2.05) is 13.8 Å². The molecule has 1 aromatic rings. The van der Waals surface area contributed by atoms with Crippen LogP contribution in [0.25, 0.3) is 0 Å². The largest absolute Gasteiger partial charge is 0.450 e. The molecule has 0 aliphatic carbocycles. The molecular weight excluding hydrogens is 263 g/mol. The quantitative estimate of drug-likeness (QED) is 0.759. The highest BCUT2D eigenvalue weighted by molar-refractivity contribution is 5.85. The fourth-order valence-corrected chi connectivity index (χ4v) is 1.50. The zero-order chi connectivity index (χ0) is 14.5. The predicted molar refractivity (Wildman–Crippen MR) is 60.6 cm³/mol. The Hall–Kier alpha value is -1.44. The topological polar surface area (TPSA) is 59.2 Å². The molecule has 0 amide bonds. The fourth-order valence-electron chi connectivity index (χ4n) is 1.50. The van der Waals surface area contributed by atoms with E-state index in [1.54, 1.807) is 0 Å². The monoisotopic (exact) mass is 279 g/mol. The normalized spacial score (nSPS) is 12.1. The summed E-state index contributed by atoms with van der Waals surface area (Å²) in [5, 5.41) is 3.56. The Morgan fingerprint density at radius 1 is 1.32 bits per heavy atom. The van der Waals surface area contributed by atoms with Gasteiger partial charge >= 0.3 is 6.18 Å². The molecule has 0 aliphatic heterocycles. The van der Waals surface area contributed by atoms with Crippen molar-refractivity contribution in [3.05, 3.63) is 11.7 Å². The Balaban J connectivity index is 2.51. The van der Waals surface area contributed by atoms with Crippen LogP contribution in [0, 0.1) is 0 Å². The van der Waals surface area contributed by atoms with Crippen molar-refractivity contribution >= 4 is 5.78 Å². The highest BCUT2D eigenvalue weighted by Crippen LogP contribution is 2.18. The summed E-state index contributed by atoms with van der Waals surface area (Å²) in [4.78, 5) is 16.6. The predicted octanol–water partition coefficient (Wildman–Crippen LogP) is 1.63. The number of carbonyl (C=O) groups excluding carboxylic acids is 1. The van der Waals surface area contributed by atoms with Crippen molar-refractivity contribution in [3.8, 4) is 0 Å². The molecule has 0 unspecified atom stereocenters. The van der Waals surface area contributed by atoms with Gasteiger partial charge in [-0.15, -0.1) is 0 Å². The molecule has 5 nitrogen and oxygen atoms in total. The molecular formula is C11H16F3N3O2. The highest BCUT2D eigenvalue weighted by atomic mass is 19.4. The third-order valence-corrected chi connectivity index (χ3v) is 2.68.